The molecule has 0 aromatic heterocycles. The third-order valence-corrected chi connectivity index (χ3v) is 12.8. The van der Waals surface area contributed by atoms with Crippen molar-refractivity contribution >= 4 is 33.1 Å². The average Bonchev–Trinajstić information content (AvgIpc) is 3.08. The Labute approximate surface area is 317 Å². The molecule has 290 valence electrons. The molecule has 49 heavy (non-hydrogen) atoms. The van der Waals surface area contributed by atoms with Gasteiger partial charge in [0.1, 0.15) is 0 Å². The van der Waals surface area contributed by atoms with Crippen LogP contribution >= 0.6 is 0 Å². The fourth-order valence-electron chi connectivity index (χ4n) is 5.42. The number of allylic oxidation sites excluding steroid dienone is 4. The first-order chi connectivity index (χ1) is 24.0. The second-order valence-corrected chi connectivity index (χ2v) is 18.2. The molecule has 5 heteroatoms. The van der Waals surface area contributed by atoms with E-state index in [9.17, 15) is 9.59 Å². The molecule has 0 saturated heterocycles. The summed E-state index contributed by atoms with van der Waals surface area (Å²) in [5.41, 5.74) is 0. The van der Waals surface area contributed by atoms with E-state index in [1.165, 1.54) is 167 Å². The van der Waals surface area contributed by atoms with Crippen LogP contribution in [-0.4, -0.2) is 43.3 Å². The van der Waals surface area contributed by atoms with Gasteiger partial charge in [-0.15, -0.1) is 0 Å². The van der Waals surface area contributed by atoms with Crippen LogP contribution in [0.2, 0.25) is 8.87 Å². The molecule has 2 radical (unpaired) electrons. The minimum absolute atomic E-state index is 0.149. The van der Waals surface area contributed by atoms with Crippen LogP contribution in [0.3, 0.4) is 0 Å². The first-order valence-corrected chi connectivity index (χ1v) is 25.4. The molecule has 0 heterocycles. The molecule has 0 rings (SSSR count). The number of hydrogen-bond donors (Lipinski definition) is 2. The van der Waals surface area contributed by atoms with E-state index >= 15 is 0 Å². The normalized spacial score (nSPS) is 11.0. The molecule has 0 fully saturated rings. The fraction of sp³-hybridized carbons (Fsp3) is 0.864. The van der Waals surface area contributed by atoms with Crippen molar-refractivity contribution in [2.45, 2.75) is 242 Å². The molecule has 0 aliphatic carbocycles. The summed E-state index contributed by atoms with van der Waals surface area (Å²) in [6.45, 7) is 9.10. The molecule has 0 amide bonds. The van der Waals surface area contributed by atoms with Gasteiger partial charge in [0, 0.05) is 12.8 Å². The molecule has 0 atom stereocenters. The molecule has 0 spiro atoms. The molecular weight excluding hydrogens is 711 g/mol. The second kappa shape index (κ2) is 51.6. The van der Waals surface area contributed by atoms with Crippen molar-refractivity contribution in [3.63, 3.8) is 0 Å². The zero-order valence-electron chi connectivity index (χ0n) is 33.6. The quantitative estimate of drug-likeness (QED) is 0.0376. The van der Waals surface area contributed by atoms with Gasteiger partial charge < -0.3 is 10.2 Å². The van der Waals surface area contributed by atoms with E-state index in [1.54, 1.807) is 8.87 Å². The van der Waals surface area contributed by atoms with Gasteiger partial charge in [0.05, 0.1) is 0 Å². The minimum atomic E-state index is -0.664. The molecule has 0 bridgehead atoms. The molecule has 0 unspecified atom stereocenters. The number of hydrogen-bond acceptors (Lipinski definition) is 2. The second-order valence-electron chi connectivity index (χ2n) is 13.9. The Kier molecular flexibility index (Phi) is 55.4. The Bertz CT molecular complexity index is 620. The van der Waals surface area contributed by atoms with Crippen molar-refractivity contribution < 1.29 is 19.8 Å². The first kappa shape index (κ1) is 52.6. The number of rotatable bonds is 36. The summed E-state index contributed by atoms with van der Waals surface area (Å²) in [6.07, 6.45) is 48.3. The zero-order valence-corrected chi connectivity index (χ0v) is 36.4. The van der Waals surface area contributed by atoms with Crippen LogP contribution in [0.5, 0.6) is 0 Å². The van der Waals surface area contributed by atoms with Gasteiger partial charge in [0.25, 0.3) is 0 Å². The Morgan fingerprint density at radius 3 is 0.878 bits per heavy atom. The van der Waals surface area contributed by atoms with Gasteiger partial charge in [-0.05, 0) is 64.2 Å². The van der Waals surface area contributed by atoms with E-state index in [0.29, 0.717) is 12.8 Å². The van der Waals surface area contributed by atoms with Crippen molar-refractivity contribution in [1.82, 2.24) is 0 Å². The van der Waals surface area contributed by atoms with E-state index < -0.39 is 11.9 Å². The molecule has 0 aliphatic heterocycles. The van der Waals surface area contributed by atoms with Gasteiger partial charge in [-0.25, -0.2) is 0 Å². The number of carboxylic acids is 2. The summed E-state index contributed by atoms with van der Waals surface area (Å²) in [5.74, 6) is -1.33. The molecule has 2 N–H and O–H groups in total. The summed E-state index contributed by atoms with van der Waals surface area (Å²) in [6, 6.07) is 0. The molecular formula is C44H86O4Sn. The predicted molar refractivity (Wildman–Crippen MR) is 219 cm³/mol. The summed E-state index contributed by atoms with van der Waals surface area (Å²) < 4.78 is 3.25. The average molecular weight is 798 g/mol. The van der Waals surface area contributed by atoms with E-state index in [1.807, 2.05) is 0 Å². The molecule has 4 nitrogen and oxygen atoms in total. The predicted octanol–water partition coefficient (Wildman–Crippen LogP) is 15.3. The van der Waals surface area contributed by atoms with Crippen LogP contribution < -0.4 is 0 Å². The van der Waals surface area contributed by atoms with Gasteiger partial charge in [-0.1, -0.05) is 141 Å². The maximum atomic E-state index is 10.3. The number of unbranched alkanes of at least 4 members (excludes halogenated alkanes) is 24. The maximum absolute atomic E-state index is 10.3. The summed E-state index contributed by atoms with van der Waals surface area (Å²) in [5, 5.41) is 17.0. The Morgan fingerprint density at radius 2 is 0.612 bits per heavy atom. The van der Waals surface area contributed by atoms with Crippen LogP contribution in [0, 0.1) is 0 Å². The van der Waals surface area contributed by atoms with Gasteiger partial charge >= 0.3 is 81.5 Å². The first-order valence-electron chi connectivity index (χ1n) is 21.4. The standard InChI is InChI=1S/2C18H34O2.2C4H9.Sn/c2*1-2-3-4-5-6-7-8-9-10-11-12-13-14-15-16-17-18(19)20;2*1-3-4-2;/h2*9-10H,2-8,11-17H2,1H3,(H,19,20);2*1,3-4H2,2H3;. The van der Waals surface area contributed by atoms with Crippen LogP contribution in [0.4, 0.5) is 0 Å². The molecule has 0 aromatic carbocycles. The summed E-state index contributed by atoms with van der Waals surface area (Å²) in [4.78, 5) is 20.6. The third kappa shape index (κ3) is 62.8. The van der Waals surface area contributed by atoms with Crippen molar-refractivity contribution in [2.75, 3.05) is 0 Å². The molecule has 0 aliphatic rings. The topological polar surface area (TPSA) is 74.6 Å². The summed E-state index contributed by atoms with van der Waals surface area (Å²) >= 11 is 0.149. The molecule has 0 aromatic rings. The van der Waals surface area contributed by atoms with E-state index in [2.05, 4.69) is 52.0 Å². The van der Waals surface area contributed by atoms with Crippen molar-refractivity contribution in [3.05, 3.63) is 24.3 Å². The summed E-state index contributed by atoms with van der Waals surface area (Å²) in [7, 11) is 0. The fourth-order valence-corrected chi connectivity index (χ4v) is 9.58. The zero-order chi connectivity index (χ0) is 36.7. The molecule has 0 saturated carbocycles. The van der Waals surface area contributed by atoms with E-state index in [-0.39, 0.29) is 21.1 Å². The number of aliphatic carboxylic acids is 2. The van der Waals surface area contributed by atoms with Crippen LogP contribution in [0.25, 0.3) is 0 Å². The van der Waals surface area contributed by atoms with Crippen LogP contribution in [-0.2, 0) is 9.59 Å². The van der Waals surface area contributed by atoms with Crippen molar-refractivity contribution in [2.24, 2.45) is 0 Å². The Morgan fingerprint density at radius 1 is 0.367 bits per heavy atom. The third-order valence-electron chi connectivity index (χ3n) is 8.72. The van der Waals surface area contributed by atoms with Crippen LogP contribution in [0.15, 0.2) is 24.3 Å². The van der Waals surface area contributed by atoms with Gasteiger partial charge in [-0.2, -0.15) is 0 Å². The number of carboxylic acid groups (broad SMARTS) is 2. The van der Waals surface area contributed by atoms with Crippen molar-refractivity contribution in [1.29, 1.82) is 0 Å². The van der Waals surface area contributed by atoms with Gasteiger partial charge in [0.15, 0.2) is 0 Å². The monoisotopic (exact) mass is 799 g/mol. The Hall–Kier alpha value is -0.781. The Balaban J connectivity index is -0.000000695. The van der Waals surface area contributed by atoms with E-state index in [4.69, 9.17) is 10.2 Å². The number of carbonyl (C=O) groups is 2. The SMILES string of the molecule is CCCCCCCCC=CCCCCCCCC(=O)O.CCCCCCCCC=CCCCCCCCC(=O)O.CCC[CH2][Sn][CH2]CCC. The van der Waals surface area contributed by atoms with Crippen molar-refractivity contribution in [3.8, 4) is 0 Å². The van der Waals surface area contributed by atoms with Gasteiger partial charge in [-0.3, -0.25) is 9.59 Å². The van der Waals surface area contributed by atoms with E-state index in [0.717, 1.165) is 25.7 Å². The van der Waals surface area contributed by atoms with Crippen LogP contribution in [0.1, 0.15) is 233 Å². The van der Waals surface area contributed by atoms with Gasteiger partial charge in [0.2, 0.25) is 0 Å².